The van der Waals surface area contributed by atoms with Crippen LogP contribution in [0.15, 0.2) is 22.2 Å². The average molecular weight is 295 g/mol. The highest BCUT2D eigenvalue weighted by molar-refractivity contribution is 7.14. The van der Waals surface area contributed by atoms with Crippen LogP contribution in [0.3, 0.4) is 0 Å². The first-order chi connectivity index (χ1) is 9.35. The zero-order valence-corrected chi connectivity index (χ0v) is 12.3. The van der Waals surface area contributed by atoms with Crippen molar-refractivity contribution in [3.05, 3.63) is 27.9 Å². The van der Waals surface area contributed by atoms with Gasteiger partial charge in [0.1, 0.15) is 5.01 Å². The van der Waals surface area contributed by atoms with Gasteiger partial charge in [0.05, 0.1) is 18.4 Å². The van der Waals surface area contributed by atoms with Crippen molar-refractivity contribution < 1.29 is 4.74 Å². The van der Waals surface area contributed by atoms with E-state index in [2.05, 4.69) is 27.1 Å². The van der Waals surface area contributed by atoms with E-state index in [0.717, 1.165) is 36.9 Å². The van der Waals surface area contributed by atoms with Crippen LogP contribution >= 0.6 is 22.7 Å². The van der Waals surface area contributed by atoms with Crippen molar-refractivity contribution in [2.45, 2.75) is 12.6 Å². The van der Waals surface area contributed by atoms with E-state index in [0.29, 0.717) is 6.54 Å². The molecule has 2 aromatic rings. The number of aromatic nitrogens is 1. The summed E-state index contributed by atoms with van der Waals surface area (Å²) in [5.74, 6) is 0. The van der Waals surface area contributed by atoms with Gasteiger partial charge < -0.3 is 10.5 Å². The molecule has 0 saturated carbocycles. The van der Waals surface area contributed by atoms with Crippen LogP contribution in [0.1, 0.15) is 5.69 Å². The quantitative estimate of drug-likeness (QED) is 0.938. The molecule has 3 heterocycles. The monoisotopic (exact) mass is 295 g/mol. The number of thiazole rings is 1. The van der Waals surface area contributed by atoms with Gasteiger partial charge in [-0.1, -0.05) is 0 Å². The minimum absolute atomic E-state index is 0.170. The molecule has 0 aliphatic carbocycles. The Morgan fingerprint density at radius 3 is 3.21 bits per heavy atom. The standard InChI is InChI=1S/C13H17N3OS2/c14-5-12-7-16(2-3-17-12)6-11-9-19-13(15-11)10-1-4-18-8-10/h1,4,8-9,12H,2-3,5-7,14H2. The number of thiophene rings is 1. The normalized spacial score (nSPS) is 20.8. The second-order valence-corrected chi connectivity index (χ2v) is 6.26. The molecular formula is C13H17N3OS2. The summed E-state index contributed by atoms with van der Waals surface area (Å²) < 4.78 is 5.58. The van der Waals surface area contributed by atoms with Crippen LogP contribution in [0.25, 0.3) is 10.6 Å². The van der Waals surface area contributed by atoms with Gasteiger partial charge in [-0.25, -0.2) is 4.98 Å². The molecule has 3 rings (SSSR count). The number of hydrogen-bond acceptors (Lipinski definition) is 6. The molecule has 0 aromatic carbocycles. The predicted molar refractivity (Wildman–Crippen MR) is 79.5 cm³/mol. The highest BCUT2D eigenvalue weighted by Gasteiger charge is 2.20. The van der Waals surface area contributed by atoms with Crippen molar-refractivity contribution in [3.8, 4) is 10.6 Å². The summed E-state index contributed by atoms with van der Waals surface area (Å²) in [5.41, 5.74) is 8.03. The lowest BCUT2D eigenvalue weighted by molar-refractivity contribution is -0.0263. The molecule has 4 nitrogen and oxygen atoms in total. The molecule has 2 aromatic heterocycles. The molecule has 1 atom stereocenters. The van der Waals surface area contributed by atoms with E-state index in [1.807, 2.05) is 0 Å². The minimum Gasteiger partial charge on any atom is -0.374 e. The molecule has 1 saturated heterocycles. The first kappa shape index (κ1) is 13.2. The largest absolute Gasteiger partial charge is 0.374 e. The molecule has 0 radical (unpaired) electrons. The number of nitrogens with zero attached hydrogens (tertiary/aromatic N) is 2. The number of nitrogens with two attached hydrogens (primary N) is 1. The summed E-state index contributed by atoms with van der Waals surface area (Å²) in [7, 11) is 0. The number of morpholine rings is 1. The Morgan fingerprint density at radius 1 is 1.47 bits per heavy atom. The van der Waals surface area contributed by atoms with Gasteiger partial charge in [0.15, 0.2) is 0 Å². The predicted octanol–water partition coefficient (Wildman–Crippen LogP) is 2.03. The third-order valence-corrected chi connectivity index (χ3v) is 4.81. The minimum atomic E-state index is 0.170. The SMILES string of the molecule is NCC1CN(Cc2csc(-c3ccsc3)n2)CCO1. The van der Waals surface area contributed by atoms with Crippen molar-refractivity contribution in [1.29, 1.82) is 0 Å². The zero-order chi connectivity index (χ0) is 13.1. The highest BCUT2D eigenvalue weighted by atomic mass is 32.1. The Labute approximate surface area is 120 Å². The van der Waals surface area contributed by atoms with Crippen LogP contribution in [0.2, 0.25) is 0 Å². The lowest BCUT2D eigenvalue weighted by Crippen LogP contribution is -2.45. The Morgan fingerprint density at radius 2 is 2.42 bits per heavy atom. The van der Waals surface area contributed by atoms with Gasteiger partial charge in [-0.2, -0.15) is 11.3 Å². The van der Waals surface area contributed by atoms with Gasteiger partial charge in [-0.05, 0) is 11.4 Å². The highest BCUT2D eigenvalue weighted by Crippen LogP contribution is 2.26. The lowest BCUT2D eigenvalue weighted by Gasteiger charge is -2.31. The molecule has 0 bridgehead atoms. The first-order valence-corrected chi connectivity index (χ1v) is 8.18. The lowest BCUT2D eigenvalue weighted by atomic mass is 10.2. The van der Waals surface area contributed by atoms with Crippen LogP contribution in [-0.2, 0) is 11.3 Å². The van der Waals surface area contributed by atoms with E-state index in [1.165, 1.54) is 5.56 Å². The molecule has 102 valence electrons. The molecule has 19 heavy (non-hydrogen) atoms. The summed E-state index contributed by atoms with van der Waals surface area (Å²) in [5, 5.41) is 7.49. The summed E-state index contributed by atoms with van der Waals surface area (Å²) in [6.07, 6.45) is 0.170. The summed E-state index contributed by atoms with van der Waals surface area (Å²) in [4.78, 5) is 7.08. The Kier molecular flexibility index (Phi) is 4.24. The number of ether oxygens (including phenoxy) is 1. The maximum atomic E-state index is 5.66. The molecule has 6 heteroatoms. The van der Waals surface area contributed by atoms with E-state index < -0.39 is 0 Å². The van der Waals surface area contributed by atoms with E-state index in [9.17, 15) is 0 Å². The molecule has 1 aliphatic rings. The second-order valence-electron chi connectivity index (χ2n) is 4.62. The van der Waals surface area contributed by atoms with E-state index in [4.69, 9.17) is 15.5 Å². The van der Waals surface area contributed by atoms with Crippen molar-refractivity contribution >= 4 is 22.7 Å². The Hall–Kier alpha value is -0.790. The fourth-order valence-corrected chi connectivity index (χ4v) is 3.72. The van der Waals surface area contributed by atoms with E-state index >= 15 is 0 Å². The number of rotatable bonds is 4. The van der Waals surface area contributed by atoms with Gasteiger partial charge >= 0.3 is 0 Å². The van der Waals surface area contributed by atoms with Gasteiger partial charge in [0.25, 0.3) is 0 Å². The third-order valence-electron chi connectivity index (χ3n) is 3.19. The van der Waals surface area contributed by atoms with Crippen LogP contribution in [-0.4, -0.2) is 42.2 Å². The molecule has 2 N–H and O–H groups in total. The fourth-order valence-electron chi connectivity index (χ4n) is 2.19. The van der Waals surface area contributed by atoms with Crippen LogP contribution < -0.4 is 5.73 Å². The fraction of sp³-hybridized carbons (Fsp3) is 0.462. The Bertz CT molecular complexity index is 512. The van der Waals surface area contributed by atoms with E-state index in [-0.39, 0.29) is 6.10 Å². The van der Waals surface area contributed by atoms with Crippen LogP contribution in [0, 0.1) is 0 Å². The zero-order valence-electron chi connectivity index (χ0n) is 10.6. The van der Waals surface area contributed by atoms with Crippen LogP contribution in [0.5, 0.6) is 0 Å². The van der Waals surface area contributed by atoms with E-state index in [1.54, 1.807) is 22.7 Å². The summed E-state index contributed by atoms with van der Waals surface area (Å²) >= 11 is 3.42. The summed E-state index contributed by atoms with van der Waals surface area (Å²) in [6, 6.07) is 2.12. The second kappa shape index (κ2) is 6.11. The van der Waals surface area contributed by atoms with Crippen molar-refractivity contribution in [3.63, 3.8) is 0 Å². The smallest absolute Gasteiger partial charge is 0.124 e. The topological polar surface area (TPSA) is 51.4 Å². The van der Waals surface area contributed by atoms with Gasteiger partial charge in [0.2, 0.25) is 0 Å². The first-order valence-electron chi connectivity index (χ1n) is 6.36. The van der Waals surface area contributed by atoms with Gasteiger partial charge in [0, 0.05) is 42.5 Å². The van der Waals surface area contributed by atoms with Crippen molar-refractivity contribution in [2.24, 2.45) is 5.73 Å². The van der Waals surface area contributed by atoms with Gasteiger partial charge in [-0.15, -0.1) is 11.3 Å². The molecule has 1 aliphatic heterocycles. The average Bonchev–Trinajstić information content (AvgIpc) is 3.09. The maximum Gasteiger partial charge on any atom is 0.124 e. The number of hydrogen-bond donors (Lipinski definition) is 1. The van der Waals surface area contributed by atoms with Gasteiger partial charge in [-0.3, -0.25) is 4.90 Å². The maximum absolute atomic E-state index is 5.66. The molecule has 1 unspecified atom stereocenters. The molecular weight excluding hydrogens is 278 g/mol. The van der Waals surface area contributed by atoms with Crippen molar-refractivity contribution in [1.82, 2.24) is 9.88 Å². The Balaban J connectivity index is 1.64. The molecule has 0 spiro atoms. The molecule has 0 amide bonds. The van der Waals surface area contributed by atoms with Crippen molar-refractivity contribution in [2.75, 3.05) is 26.2 Å². The molecule has 1 fully saturated rings. The van der Waals surface area contributed by atoms with Crippen LogP contribution in [0.4, 0.5) is 0 Å². The third kappa shape index (κ3) is 3.21. The summed E-state index contributed by atoms with van der Waals surface area (Å²) in [6.45, 7) is 4.11.